The lowest BCUT2D eigenvalue weighted by Crippen LogP contribution is -2.40. The van der Waals surface area contributed by atoms with Crippen LogP contribution in [0.25, 0.3) is 0 Å². The van der Waals surface area contributed by atoms with Gasteiger partial charge in [-0.1, -0.05) is 6.07 Å². The molecule has 1 aliphatic heterocycles. The number of rotatable bonds is 4. The number of anilines is 1. The molecule has 0 unspecified atom stereocenters. The largest absolute Gasteiger partial charge is 0.497 e. The van der Waals surface area contributed by atoms with Crippen LogP contribution < -0.4 is 15.4 Å². The maximum absolute atomic E-state index is 12.4. The minimum Gasteiger partial charge on any atom is -0.497 e. The van der Waals surface area contributed by atoms with E-state index >= 15 is 0 Å². The van der Waals surface area contributed by atoms with E-state index in [0.717, 1.165) is 5.75 Å². The third kappa shape index (κ3) is 4.26. The van der Waals surface area contributed by atoms with E-state index in [1.165, 1.54) is 0 Å². The number of aromatic nitrogens is 1. The molecule has 2 aromatic rings. The van der Waals surface area contributed by atoms with Crippen LogP contribution in [-0.4, -0.2) is 48.1 Å². The zero-order valence-electron chi connectivity index (χ0n) is 13.9. The summed E-state index contributed by atoms with van der Waals surface area (Å²) in [6.07, 6.45) is 2.32. The molecule has 7 nitrogen and oxygen atoms in total. The molecule has 1 aromatic carbocycles. The average molecular weight is 340 g/mol. The fourth-order valence-electron chi connectivity index (χ4n) is 2.74. The van der Waals surface area contributed by atoms with Crippen molar-refractivity contribution in [3.63, 3.8) is 0 Å². The van der Waals surface area contributed by atoms with Crippen LogP contribution in [-0.2, 0) is 0 Å². The number of benzene rings is 1. The summed E-state index contributed by atoms with van der Waals surface area (Å²) >= 11 is 0. The Morgan fingerprint density at radius 2 is 2.00 bits per heavy atom. The first-order valence-electron chi connectivity index (χ1n) is 8.07. The molecule has 2 N–H and O–H groups in total. The van der Waals surface area contributed by atoms with Crippen molar-refractivity contribution >= 4 is 17.6 Å². The van der Waals surface area contributed by atoms with E-state index in [1.54, 1.807) is 60.7 Å². The topological polar surface area (TPSA) is 83.6 Å². The van der Waals surface area contributed by atoms with E-state index < -0.39 is 0 Å². The molecular weight excluding hydrogens is 320 g/mol. The second-order valence-electron chi connectivity index (χ2n) is 5.78. The van der Waals surface area contributed by atoms with Gasteiger partial charge in [0.15, 0.2) is 0 Å². The molecule has 3 rings (SSSR count). The predicted octanol–water partition coefficient (Wildman–Crippen LogP) is 2.13. The SMILES string of the molecule is COc1ccc(NC(=O)N[C@@H]2CCN(C(=O)c3ccccn3)C2)cc1. The second-order valence-corrected chi connectivity index (χ2v) is 5.78. The number of ether oxygens (including phenoxy) is 1. The third-order valence-electron chi connectivity index (χ3n) is 4.04. The number of amides is 3. The zero-order valence-corrected chi connectivity index (χ0v) is 13.9. The number of carbonyl (C=O) groups is 2. The normalized spacial score (nSPS) is 16.4. The molecule has 1 aliphatic rings. The zero-order chi connectivity index (χ0) is 17.6. The molecule has 0 radical (unpaired) electrons. The van der Waals surface area contributed by atoms with Crippen LogP contribution in [0.2, 0.25) is 0 Å². The minimum absolute atomic E-state index is 0.0779. The van der Waals surface area contributed by atoms with Crippen molar-refractivity contribution < 1.29 is 14.3 Å². The molecule has 25 heavy (non-hydrogen) atoms. The third-order valence-corrected chi connectivity index (χ3v) is 4.04. The van der Waals surface area contributed by atoms with Crippen molar-refractivity contribution in [2.24, 2.45) is 0 Å². The van der Waals surface area contributed by atoms with Crippen molar-refractivity contribution in [1.82, 2.24) is 15.2 Å². The van der Waals surface area contributed by atoms with Gasteiger partial charge in [0.05, 0.1) is 7.11 Å². The number of urea groups is 1. The molecule has 0 aliphatic carbocycles. The first kappa shape index (κ1) is 16.8. The van der Waals surface area contributed by atoms with Gasteiger partial charge in [0.25, 0.3) is 5.91 Å². The Kier molecular flexibility index (Phi) is 5.13. The molecule has 7 heteroatoms. The Labute approximate surface area is 146 Å². The van der Waals surface area contributed by atoms with Gasteiger partial charge in [-0.25, -0.2) is 4.79 Å². The number of likely N-dealkylation sites (tertiary alicyclic amines) is 1. The molecule has 1 fully saturated rings. The Bertz CT molecular complexity index is 734. The van der Waals surface area contributed by atoms with Gasteiger partial charge in [-0.2, -0.15) is 0 Å². The summed E-state index contributed by atoms with van der Waals surface area (Å²) in [4.78, 5) is 30.2. The first-order valence-corrected chi connectivity index (χ1v) is 8.07. The molecule has 0 saturated carbocycles. The molecule has 3 amide bonds. The Morgan fingerprint density at radius 3 is 2.68 bits per heavy atom. The fraction of sp³-hybridized carbons (Fsp3) is 0.278. The van der Waals surface area contributed by atoms with Crippen LogP contribution in [0, 0.1) is 0 Å². The minimum atomic E-state index is -0.290. The summed E-state index contributed by atoms with van der Waals surface area (Å²) in [5.74, 6) is 0.617. The van der Waals surface area contributed by atoms with Crippen LogP contribution in [0.4, 0.5) is 10.5 Å². The number of pyridine rings is 1. The van der Waals surface area contributed by atoms with E-state index in [-0.39, 0.29) is 18.0 Å². The quantitative estimate of drug-likeness (QED) is 0.893. The monoisotopic (exact) mass is 340 g/mol. The molecule has 0 bridgehead atoms. The molecular formula is C18H20N4O3. The van der Waals surface area contributed by atoms with Crippen LogP contribution in [0.5, 0.6) is 5.75 Å². The highest BCUT2D eigenvalue weighted by molar-refractivity contribution is 5.93. The number of methoxy groups -OCH3 is 1. The van der Waals surface area contributed by atoms with Gasteiger partial charge in [0.2, 0.25) is 0 Å². The van der Waals surface area contributed by atoms with Crippen LogP contribution in [0.1, 0.15) is 16.9 Å². The number of carbonyl (C=O) groups excluding carboxylic acids is 2. The van der Waals surface area contributed by atoms with Crippen LogP contribution in [0.15, 0.2) is 48.7 Å². The van der Waals surface area contributed by atoms with E-state index in [0.29, 0.717) is 30.9 Å². The molecule has 0 spiro atoms. The summed E-state index contributed by atoms with van der Waals surface area (Å²) in [6, 6.07) is 12.0. The lowest BCUT2D eigenvalue weighted by atomic mass is 10.2. The smallest absolute Gasteiger partial charge is 0.319 e. The van der Waals surface area contributed by atoms with Gasteiger partial charge < -0.3 is 20.3 Å². The number of nitrogens with one attached hydrogen (secondary N) is 2. The van der Waals surface area contributed by atoms with E-state index in [9.17, 15) is 9.59 Å². The van der Waals surface area contributed by atoms with Crippen LogP contribution >= 0.6 is 0 Å². The van der Waals surface area contributed by atoms with Crippen molar-refractivity contribution in [3.8, 4) is 5.75 Å². The van der Waals surface area contributed by atoms with Gasteiger partial charge >= 0.3 is 6.03 Å². The van der Waals surface area contributed by atoms with Gasteiger partial charge in [-0.05, 0) is 42.8 Å². The van der Waals surface area contributed by atoms with E-state index in [1.807, 2.05) is 0 Å². The van der Waals surface area contributed by atoms with Gasteiger partial charge in [-0.15, -0.1) is 0 Å². The first-order chi connectivity index (χ1) is 12.2. The molecule has 1 atom stereocenters. The number of nitrogens with zero attached hydrogens (tertiary/aromatic N) is 2. The lowest BCUT2D eigenvalue weighted by molar-refractivity contribution is 0.0783. The van der Waals surface area contributed by atoms with Gasteiger partial charge in [-0.3, -0.25) is 9.78 Å². The van der Waals surface area contributed by atoms with Crippen molar-refractivity contribution in [3.05, 3.63) is 54.4 Å². The highest BCUT2D eigenvalue weighted by atomic mass is 16.5. The Hall–Kier alpha value is -3.09. The summed E-state index contributed by atoms with van der Waals surface area (Å²) < 4.78 is 5.08. The molecule has 130 valence electrons. The maximum Gasteiger partial charge on any atom is 0.319 e. The molecule has 1 saturated heterocycles. The number of hydrogen-bond acceptors (Lipinski definition) is 4. The summed E-state index contributed by atoms with van der Waals surface area (Å²) in [6.45, 7) is 1.08. The average Bonchev–Trinajstić information content (AvgIpc) is 3.10. The maximum atomic E-state index is 12.4. The van der Waals surface area contributed by atoms with Crippen LogP contribution in [0.3, 0.4) is 0 Å². The van der Waals surface area contributed by atoms with E-state index in [4.69, 9.17) is 4.74 Å². The summed E-state index contributed by atoms with van der Waals surface area (Å²) in [5.41, 5.74) is 1.10. The predicted molar refractivity (Wildman–Crippen MR) is 93.7 cm³/mol. The Morgan fingerprint density at radius 1 is 1.20 bits per heavy atom. The highest BCUT2D eigenvalue weighted by Crippen LogP contribution is 2.16. The molecule has 1 aromatic heterocycles. The second kappa shape index (κ2) is 7.65. The van der Waals surface area contributed by atoms with Gasteiger partial charge in [0.1, 0.15) is 11.4 Å². The Balaban J connectivity index is 1.50. The standard InChI is InChI=1S/C18H20N4O3/c1-25-15-7-5-13(6-8-15)20-18(24)21-14-9-11-22(12-14)17(23)16-4-2-3-10-19-16/h2-8,10,14H,9,11-12H2,1H3,(H2,20,21,24)/t14-/m1/s1. The van der Waals surface area contributed by atoms with Crippen molar-refractivity contribution in [2.45, 2.75) is 12.5 Å². The lowest BCUT2D eigenvalue weighted by Gasteiger charge is -2.17. The van der Waals surface area contributed by atoms with E-state index in [2.05, 4.69) is 15.6 Å². The van der Waals surface area contributed by atoms with Crippen molar-refractivity contribution in [2.75, 3.05) is 25.5 Å². The summed E-state index contributed by atoms with van der Waals surface area (Å²) in [5, 5.41) is 5.67. The fourth-order valence-corrected chi connectivity index (χ4v) is 2.74. The molecule has 2 heterocycles. The van der Waals surface area contributed by atoms with Crippen molar-refractivity contribution in [1.29, 1.82) is 0 Å². The van der Waals surface area contributed by atoms with Gasteiger partial charge in [0, 0.05) is 31.0 Å². The highest BCUT2D eigenvalue weighted by Gasteiger charge is 2.28. The number of hydrogen-bond donors (Lipinski definition) is 2. The summed E-state index contributed by atoms with van der Waals surface area (Å²) in [7, 11) is 1.59.